The second-order valence-electron chi connectivity index (χ2n) is 5.94. The van der Waals surface area contributed by atoms with E-state index in [0.717, 1.165) is 16.6 Å². The number of imidazole rings is 1. The van der Waals surface area contributed by atoms with Crippen molar-refractivity contribution in [1.29, 1.82) is 0 Å². The maximum absolute atomic E-state index is 11.9. The van der Waals surface area contributed by atoms with Gasteiger partial charge in [0.2, 0.25) is 5.91 Å². The summed E-state index contributed by atoms with van der Waals surface area (Å²) in [7, 11) is 0. The van der Waals surface area contributed by atoms with E-state index in [9.17, 15) is 4.79 Å². The number of fused-ring (bicyclic) bond motifs is 1. The fourth-order valence-corrected chi connectivity index (χ4v) is 2.64. The summed E-state index contributed by atoms with van der Waals surface area (Å²) >= 11 is 0. The zero-order valence-corrected chi connectivity index (χ0v) is 14.5. The molecule has 4 aromatic rings. The molecule has 4 rings (SSSR count). The Morgan fingerprint density at radius 2 is 1.81 bits per heavy atom. The largest absolute Gasteiger partial charge is 0.364 e. The summed E-state index contributed by atoms with van der Waals surface area (Å²) in [4.78, 5) is 23.8. The van der Waals surface area contributed by atoms with Crippen molar-refractivity contribution in [3.05, 3.63) is 66.2 Å². The molecular formula is C19H18N6O2. The number of rotatable bonds is 7. The molecule has 0 bridgehead atoms. The van der Waals surface area contributed by atoms with Crippen LogP contribution in [0.4, 0.5) is 0 Å². The lowest BCUT2D eigenvalue weighted by Crippen LogP contribution is -2.27. The Bertz CT molecular complexity index is 1010. The average Bonchev–Trinajstić information content (AvgIpc) is 3.34. The summed E-state index contributed by atoms with van der Waals surface area (Å²) in [6.07, 6.45) is 0. The van der Waals surface area contributed by atoms with Crippen molar-refractivity contribution in [2.45, 2.75) is 13.2 Å². The number of nitrogens with one attached hydrogen (secondary N) is 3. The average molecular weight is 362 g/mol. The minimum atomic E-state index is -0.233. The van der Waals surface area contributed by atoms with Crippen LogP contribution < -0.4 is 5.32 Å². The van der Waals surface area contributed by atoms with Gasteiger partial charge in [-0.05, 0) is 12.1 Å². The van der Waals surface area contributed by atoms with Crippen molar-refractivity contribution in [1.82, 2.24) is 30.5 Å². The summed E-state index contributed by atoms with van der Waals surface area (Å²) in [5.74, 6) is 1.64. The fraction of sp³-hybridized carbons (Fsp3) is 0.158. The molecule has 2 aromatic carbocycles. The third-order valence-electron chi connectivity index (χ3n) is 3.93. The second kappa shape index (κ2) is 7.79. The quantitative estimate of drug-likeness (QED) is 0.467. The molecule has 8 nitrogen and oxygen atoms in total. The van der Waals surface area contributed by atoms with Crippen molar-refractivity contribution in [3.63, 3.8) is 0 Å². The number of H-pyrrole nitrogens is 2. The van der Waals surface area contributed by atoms with E-state index in [2.05, 4.69) is 30.5 Å². The number of hydrogen-bond acceptors (Lipinski definition) is 5. The Labute approximate surface area is 155 Å². The van der Waals surface area contributed by atoms with Crippen LogP contribution in [0.2, 0.25) is 0 Å². The number of carbonyl (C=O) groups excluding carboxylic acids is 1. The Morgan fingerprint density at radius 1 is 1.00 bits per heavy atom. The first-order chi connectivity index (χ1) is 13.3. The minimum Gasteiger partial charge on any atom is -0.364 e. The summed E-state index contributed by atoms with van der Waals surface area (Å²) in [6, 6.07) is 17.4. The topological polar surface area (TPSA) is 109 Å². The molecule has 0 unspecified atom stereocenters. The van der Waals surface area contributed by atoms with Crippen LogP contribution in [0.25, 0.3) is 22.4 Å². The van der Waals surface area contributed by atoms with Crippen LogP contribution in [0.15, 0.2) is 54.6 Å². The van der Waals surface area contributed by atoms with Gasteiger partial charge >= 0.3 is 0 Å². The number of benzene rings is 2. The SMILES string of the molecule is O=C(COCc1nc2ccccc2[nH]1)NCc1nc(-c2ccccc2)n[nH]1. The molecule has 0 saturated heterocycles. The molecule has 1 amide bonds. The third kappa shape index (κ3) is 4.18. The maximum Gasteiger partial charge on any atom is 0.246 e. The number of nitrogens with zero attached hydrogens (tertiary/aromatic N) is 3. The van der Waals surface area contributed by atoms with E-state index in [4.69, 9.17) is 4.74 Å². The standard InChI is InChI=1S/C19H18N6O2/c26-18(12-27-11-17-21-14-8-4-5-9-15(14)22-17)20-10-16-23-19(25-24-16)13-6-2-1-3-7-13/h1-9H,10-12H2,(H,20,26)(H,21,22)(H,23,24,25). The van der Waals surface area contributed by atoms with Crippen LogP contribution in [0.5, 0.6) is 0 Å². The van der Waals surface area contributed by atoms with Gasteiger partial charge in [0, 0.05) is 5.56 Å². The highest BCUT2D eigenvalue weighted by Gasteiger charge is 2.08. The lowest BCUT2D eigenvalue weighted by Gasteiger charge is -2.03. The highest BCUT2D eigenvalue weighted by Crippen LogP contribution is 2.13. The van der Waals surface area contributed by atoms with Crippen LogP contribution in [0.1, 0.15) is 11.6 Å². The first-order valence-electron chi connectivity index (χ1n) is 8.53. The molecule has 2 heterocycles. The Hall–Kier alpha value is -3.52. The lowest BCUT2D eigenvalue weighted by atomic mass is 10.2. The number of hydrogen-bond donors (Lipinski definition) is 3. The van der Waals surface area contributed by atoms with Crippen LogP contribution in [-0.4, -0.2) is 37.7 Å². The maximum atomic E-state index is 11.9. The summed E-state index contributed by atoms with van der Waals surface area (Å²) in [6.45, 7) is 0.436. The third-order valence-corrected chi connectivity index (χ3v) is 3.93. The minimum absolute atomic E-state index is 0.0588. The monoisotopic (exact) mass is 362 g/mol. The zero-order valence-electron chi connectivity index (χ0n) is 14.5. The molecule has 0 fully saturated rings. The predicted octanol–water partition coefficient (Wildman–Crippen LogP) is 2.18. The molecule has 8 heteroatoms. The number of carbonyl (C=O) groups is 1. The van der Waals surface area contributed by atoms with Gasteiger partial charge in [-0.1, -0.05) is 42.5 Å². The molecule has 0 saturated carbocycles. The summed E-state index contributed by atoms with van der Waals surface area (Å²) in [5, 5.41) is 9.73. The van der Waals surface area contributed by atoms with Gasteiger partial charge in [-0.25, -0.2) is 9.97 Å². The smallest absolute Gasteiger partial charge is 0.246 e. The Balaban J connectivity index is 1.23. The second-order valence-corrected chi connectivity index (χ2v) is 5.94. The molecule has 3 N–H and O–H groups in total. The molecule has 0 aliphatic rings. The van der Waals surface area contributed by atoms with Gasteiger partial charge in [-0.2, -0.15) is 5.10 Å². The van der Waals surface area contributed by atoms with Crippen molar-refractivity contribution < 1.29 is 9.53 Å². The highest BCUT2D eigenvalue weighted by molar-refractivity contribution is 5.77. The van der Waals surface area contributed by atoms with Crippen molar-refractivity contribution in [2.24, 2.45) is 0 Å². The molecule has 0 spiro atoms. The highest BCUT2D eigenvalue weighted by atomic mass is 16.5. The molecular weight excluding hydrogens is 344 g/mol. The summed E-state index contributed by atoms with van der Waals surface area (Å²) in [5.41, 5.74) is 2.74. The van der Waals surface area contributed by atoms with Crippen LogP contribution in [0, 0.1) is 0 Å². The summed E-state index contributed by atoms with van der Waals surface area (Å²) < 4.78 is 5.42. The zero-order chi connectivity index (χ0) is 18.5. The Kier molecular flexibility index (Phi) is 4.88. The molecule has 0 aliphatic heterocycles. The Morgan fingerprint density at radius 3 is 2.67 bits per heavy atom. The number of ether oxygens (including phenoxy) is 1. The molecule has 2 aromatic heterocycles. The molecule has 0 radical (unpaired) electrons. The van der Waals surface area contributed by atoms with Gasteiger partial charge in [0.05, 0.1) is 17.6 Å². The van der Waals surface area contributed by atoms with Crippen LogP contribution in [0.3, 0.4) is 0 Å². The first-order valence-corrected chi connectivity index (χ1v) is 8.53. The van der Waals surface area contributed by atoms with Crippen molar-refractivity contribution in [3.8, 4) is 11.4 Å². The number of aromatic amines is 2. The van der Waals surface area contributed by atoms with E-state index in [0.29, 0.717) is 17.5 Å². The fourth-order valence-electron chi connectivity index (χ4n) is 2.64. The van der Waals surface area contributed by atoms with E-state index in [1.165, 1.54) is 0 Å². The van der Waals surface area contributed by atoms with Crippen molar-refractivity contribution >= 4 is 16.9 Å². The van der Waals surface area contributed by atoms with E-state index >= 15 is 0 Å². The normalized spacial score (nSPS) is 11.0. The van der Waals surface area contributed by atoms with Gasteiger partial charge in [0.1, 0.15) is 24.9 Å². The lowest BCUT2D eigenvalue weighted by molar-refractivity contribution is -0.126. The molecule has 27 heavy (non-hydrogen) atoms. The van der Waals surface area contributed by atoms with E-state index in [1.54, 1.807) is 0 Å². The number of amides is 1. The van der Waals surface area contributed by atoms with Gasteiger partial charge in [0.15, 0.2) is 5.82 Å². The number of para-hydroxylation sites is 2. The molecule has 136 valence electrons. The van der Waals surface area contributed by atoms with E-state index < -0.39 is 0 Å². The van der Waals surface area contributed by atoms with Gasteiger partial charge in [-0.15, -0.1) is 0 Å². The predicted molar refractivity (Wildman–Crippen MR) is 99.4 cm³/mol. The van der Waals surface area contributed by atoms with Crippen LogP contribution in [-0.2, 0) is 22.7 Å². The van der Waals surface area contributed by atoms with Crippen LogP contribution >= 0.6 is 0 Å². The number of aromatic nitrogens is 5. The molecule has 0 atom stereocenters. The van der Waals surface area contributed by atoms with Crippen molar-refractivity contribution in [2.75, 3.05) is 6.61 Å². The van der Waals surface area contributed by atoms with Gasteiger partial charge in [-0.3, -0.25) is 9.89 Å². The molecule has 0 aliphatic carbocycles. The van der Waals surface area contributed by atoms with E-state index in [-0.39, 0.29) is 25.7 Å². The van der Waals surface area contributed by atoms with Gasteiger partial charge in [0.25, 0.3) is 0 Å². The van der Waals surface area contributed by atoms with Gasteiger partial charge < -0.3 is 15.0 Å². The first kappa shape index (κ1) is 16.9. The van der Waals surface area contributed by atoms with E-state index in [1.807, 2.05) is 54.6 Å².